The van der Waals surface area contributed by atoms with Crippen molar-refractivity contribution in [1.29, 1.82) is 0 Å². The van der Waals surface area contributed by atoms with E-state index in [1.165, 1.54) is 0 Å². The maximum Gasteiger partial charge on any atom is 0.236 e. The van der Waals surface area contributed by atoms with E-state index in [-0.39, 0.29) is 30.4 Å². The highest BCUT2D eigenvalue weighted by Gasteiger charge is 2.13. The number of carbonyl (C=O) groups excluding carboxylic acids is 2. The number of amides is 2. The molecule has 0 saturated heterocycles. The summed E-state index contributed by atoms with van der Waals surface area (Å²) in [5.41, 5.74) is 0. The van der Waals surface area contributed by atoms with Gasteiger partial charge in [0, 0.05) is 12.6 Å². The molecule has 5 nitrogen and oxygen atoms in total. The fourth-order valence-electron chi connectivity index (χ4n) is 1.44. The summed E-state index contributed by atoms with van der Waals surface area (Å²) in [6.45, 7) is 8.47. The van der Waals surface area contributed by atoms with Crippen molar-refractivity contribution >= 4 is 11.8 Å². The van der Waals surface area contributed by atoms with E-state index in [0.29, 0.717) is 6.54 Å². The number of rotatable bonds is 8. The Hall–Kier alpha value is -1.10. The second-order valence-electron chi connectivity index (χ2n) is 4.08. The Balaban J connectivity index is 3.87. The number of hydrogen-bond donors (Lipinski definition) is 3. The van der Waals surface area contributed by atoms with Gasteiger partial charge in [-0.1, -0.05) is 13.8 Å². The van der Waals surface area contributed by atoms with Crippen LogP contribution in [0.2, 0.25) is 0 Å². The third kappa shape index (κ3) is 6.94. The van der Waals surface area contributed by atoms with Crippen molar-refractivity contribution in [3.8, 4) is 0 Å². The highest BCUT2D eigenvalue weighted by Crippen LogP contribution is 1.95. The molecule has 0 saturated carbocycles. The van der Waals surface area contributed by atoms with Gasteiger partial charge in [-0.15, -0.1) is 0 Å². The summed E-state index contributed by atoms with van der Waals surface area (Å²) < 4.78 is 0. The van der Waals surface area contributed by atoms with Gasteiger partial charge < -0.3 is 10.6 Å². The molecule has 3 N–H and O–H groups in total. The number of likely N-dealkylation sites (N-methyl/N-ethyl adjacent to an activating group) is 1. The zero-order chi connectivity index (χ0) is 13.3. The minimum atomic E-state index is -0.345. The lowest BCUT2D eigenvalue weighted by molar-refractivity contribution is -0.123. The monoisotopic (exact) mass is 243 g/mol. The van der Waals surface area contributed by atoms with E-state index >= 15 is 0 Å². The van der Waals surface area contributed by atoms with Gasteiger partial charge in [-0.25, -0.2) is 0 Å². The molecule has 0 aromatic rings. The standard InChI is InChI=1S/C12H25N3O2/c1-5-10(6-2)15-11(16)8-14-9(4)12(17)13-7-3/h9-10,14H,5-8H2,1-4H3,(H,13,17)(H,15,16). The van der Waals surface area contributed by atoms with Gasteiger partial charge >= 0.3 is 0 Å². The first kappa shape index (κ1) is 15.9. The maximum atomic E-state index is 11.6. The van der Waals surface area contributed by atoms with Crippen molar-refractivity contribution in [1.82, 2.24) is 16.0 Å². The molecule has 1 unspecified atom stereocenters. The van der Waals surface area contributed by atoms with E-state index in [0.717, 1.165) is 12.8 Å². The fraction of sp³-hybridized carbons (Fsp3) is 0.833. The summed E-state index contributed by atoms with van der Waals surface area (Å²) in [5.74, 6) is -0.141. The van der Waals surface area contributed by atoms with E-state index in [2.05, 4.69) is 16.0 Å². The zero-order valence-electron chi connectivity index (χ0n) is 11.3. The van der Waals surface area contributed by atoms with Crippen LogP contribution in [0.1, 0.15) is 40.5 Å². The number of hydrogen-bond acceptors (Lipinski definition) is 3. The number of nitrogens with one attached hydrogen (secondary N) is 3. The van der Waals surface area contributed by atoms with Crippen LogP contribution < -0.4 is 16.0 Å². The Bertz CT molecular complexity index is 240. The van der Waals surface area contributed by atoms with E-state index < -0.39 is 0 Å². The van der Waals surface area contributed by atoms with Crippen LogP contribution in [0.3, 0.4) is 0 Å². The molecule has 1 atom stereocenters. The van der Waals surface area contributed by atoms with Gasteiger partial charge in [0.15, 0.2) is 0 Å². The number of carbonyl (C=O) groups is 2. The van der Waals surface area contributed by atoms with Crippen LogP contribution in [0.5, 0.6) is 0 Å². The Labute approximate surface area is 104 Å². The van der Waals surface area contributed by atoms with Gasteiger partial charge in [-0.2, -0.15) is 0 Å². The maximum absolute atomic E-state index is 11.6. The van der Waals surface area contributed by atoms with Crippen molar-refractivity contribution in [2.45, 2.75) is 52.6 Å². The summed E-state index contributed by atoms with van der Waals surface area (Å²) >= 11 is 0. The quantitative estimate of drug-likeness (QED) is 0.578. The van der Waals surface area contributed by atoms with E-state index in [4.69, 9.17) is 0 Å². The summed E-state index contributed by atoms with van der Waals surface area (Å²) in [5, 5.41) is 8.50. The first-order valence-electron chi connectivity index (χ1n) is 6.35. The molecule has 0 fully saturated rings. The van der Waals surface area contributed by atoms with Crippen LogP contribution in [-0.2, 0) is 9.59 Å². The first-order chi connectivity index (χ1) is 8.04. The molecule has 5 heteroatoms. The van der Waals surface area contributed by atoms with Gasteiger partial charge in [-0.3, -0.25) is 14.9 Å². The van der Waals surface area contributed by atoms with Crippen LogP contribution in [0, 0.1) is 0 Å². The molecule has 0 aliphatic heterocycles. The summed E-state index contributed by atoms with van der Waals surface area (Å²) in [6, 6.07) is -0.119. The average molecular weight is 243 g/mol. The molecule has 2 amide bonds. The van der Waals surface area contributed by atoms with Crippen LogP contribution in [0.4, 0.5) is 0 Å². The lowest BCUT2D eigenvalue weighted by atomic mass is 10.2. The molecule has 0 aromatic heterocycles. The van der Waals surface area contributed by atoms with Crippen molar-refractivity contribution in [3.63, 3.8) is 0 Å². The third-order valence-corrected chi connectivity index (χ3v) is 2.66. The van der Waals surface area contributed by atoms with Crippen molar-refractivity contribution in [3.05, 3.63) is 0 Å². The second kappa shape index (κ2) is 8.98. The van der Waals surface area contributed by atoms with E-state index in [1.54, 1.807) is 6.92 Å². The van der Waals surface area contributed by atoms with Gasteiger partial charge in [0.1, 0.15) is 0 Å². The van der Waals surface area contributed by atoms with Crippen LogP contribution in [0.25, 0.3) is 0 Å². The van der Waals surface area contributed by atoms with Gasteiger partial charge in [-0.05, 0) is 26.7 Å². The molecule has 0 aromatic carbocycles. The van der Waals surface area contributed by atoms with Crippen LogP contribution in [-0.4, -0.2) is 37.0 Å². The molecule has 17 heavy (non-hydrogen) atoms. The Morgan fingerprint density at radius 2 is 1.71 bits per heavy atom. The summed E-state index contributed by atoms with van der Waals surface area (Å²) in [4.78, 5) is 22.9. The Morgan fingerprint density at radius 1 is 1.12 bits per heavy atom. The highest BCUT2D eigenvalue weighted by atomic mass is 16.2. The van der Waals surface area contributed by atoms with Crippen molar-refractivity contribution in [2.24, 2.45) is 0 Å². The largest absolute Gasteiger partial charge is 0.355 e. The Morgan fingerprint density at radius 3 is 2.18 bits per heavy atom. The third-order valence-electron chi connectivity index (χ3n) is 2.66. The lowest BCUT2D eigenvalue weighted by Gasteiger charge is -2.17. The molecule has 0 radical (unpaired) electrons. The first-order valence-corrected chi connectivity index (χ1v) is 6.35. The summed E-state index contributed by atoms with van der Waals surface area (Å²) in [6.07, 6.45) is 1.85. The molecular weight excluding hydrogens is 218 g/mol. The highest BCUT2D eigenvalue weighted by molar-refractivity contribution is 5.83. The lowest BCUT2D eigenvalue weighted by Crippen LogP contribution is -2.47. The predicted molar refractivity (Wildman–Crippen MR) is 68.7 cm³/mol. The Kier molecular flexibility index (Phi) is 8.40. The van der Waals surface area contributed by atoms with E-state index in [1.807, 2.05) is 20.8 Å². The normalized spacial score (nSPS) is 12.3. The molecule has 0 spiro atoms. The van der Waals surface area contributed by atoms with Gasteiger partial charge in [0.05, 0.1) is 12.6 Å². The molecule has 0 heterocycles. The van der Waals surface area contributed by atoms with Gasteiger partial charge in [0.25, 0.3) is 0 Å². The van der Waals surface area contributed by atoms with Crippen molar-refractivity contribution in [2.75, 3.05) is 13.1 Å². The second-order valence-corrected chi connectivity index (χ2v) is 4.08. The molecule has 0 bridgehead atoms. The fourth-order valence-corrected chi connectivity index (χ4v) is 1.44. The molecule has 0 rings (SSSR count). The van der Waals surface area contributed by atoms with Crippen LogP contribution >= 0.6 is 0 Å². The van der Waals surface area contributed by atoms with Gasteiger partial charge in [0.2, 0.25) is 11.8 Å². The van der Waals surface area contributed by atoms with E-state index in [9.17, 15) is 9.59 Å². The average Bonchev–Trinajstić information content (AvgIpc) is 2.33. The zero-order valence-corrected chi connectivity index (χ0v) is 11.3. The minimum Gasteiger partial charge on any atom is -0.355 e. The molecule has 0 aliphatic rings. The smallest absolute Gasteiger partial charge is 0.236 e. The predicted octanol–water partition coefficient (Wildman–Crippen LogP) is 0.405. The van der Waals surface area contributed by atoms with Crippen LogP contribution in [0.15, 0.2) is 0 Å². The molecular formula is C12H25N3O2. The topological polar surface area (TPSA) is 70.2 Å². The minimum absolute atomic E-state index is 0.0603. The SMILES string of the molecule is CCNC(=O)C(C)NCC(=O)NC(CC)CC. The molecule has 100 valence electrons. The van der Waals surface area contributed by atoms with Crippen molar-refractivity contribution < 1.29 is 9.59 Å². The molecule has 0 aliphatic carbocycles. The summed E-state index contributed by atoms with van der Waals surface area (Å²) in [7, 11) is 0.